The molecule has 2 rings (SSSR count). The highest BCUT2D eigenvalue weighted by Gasteiger charge is 2.13. The van der Waals surface area contributed by atoms with E-state index in [1.54, 1.807) is 0 Å². The average Bonchev–Trinajstić information content (AvgIpc) is 2.46. The van der Waals surface area contributed by atoms with Crippen LogP contribution in [0, 0.1) is 0 Å². The van der Waals surface area contributed by atoms with Crippen LogP contribution in [0.3, 0.4) is 0 Å². The zero-order valence-corrected chi connectivity index (χ0v) is 12.0. The van der Waals surface area contributed by atoms with E-state index in [-0.39, 0.29) is 0 Å². The van der Waals surface area contributed by atoms with Gasteiger partial charge in [-0.2, -0.15) is 0 Å². The minimum Gasteiger partial charge on any atom is -0.507 e. The zero-order chi connectivity index (χ0) is 13.8. The normalized spacial score (nSPS) is 10.7. The SMILES string of the molecule is CCc1cccc(-c2c(CC)ccc(CC)c2O)c1. The number of benzene rings is 2. The molecular weight excluding hydrogens is 232 g/mol. The highest BCUT2D eigenvalue weighted by molar-refractivity contribution is 5.75. The average molecular weight is 254 g/mol. The number of phenolic OH excluding ortho intramolecular Hbond substituents is 1. The Kier molecular flexibility index (Phi) is 4.26. The third kappa shape index (κ3) is 2.65. The fourth-order valence-corrected chi connectivity index (χ4v) is 2.52. The predicted octanol–water partition coefficient (Wildman–Crippen LogP) is 4.75. The molecule has 1 N–H and O–H groups in total. The van der Waals surface area contributed by atoms with Crippen LogP contribution in [0.4, 0.5) is 0 Å². The van der Waals surface area contributed by atoms with Gasteiger partial charge in [0, 0.05) is 5.56 Å². The molecule has 1 nitrogen and oxygen atoms in total. The van der Waals surface area contributed by atoms with E-state index in [0.29, 0.717) is 5.75 Å². The van der Waals surface area contributed by atoms with Crippen LogP contribution >= 0.6 is 0 Å². The third-order valence-electron chi connectivity index (χ3n) is 3.73. The summed E-state index contributed by atoms with van der Waals surface area (Å²) < 4.78 is 0. The molecule has 100 valence electrons. The molecule has 0 aliphatic rings. The molecule has 19 heavy (non-hydrogen) atoms. The van der Waals surface area contributed by atoms with E-state index in [4.69, 9.17) is 0 Å². The second kappa shape index (κ2) is 5.92. The Hall–Kier alpha value is -1.76. The van der Waals surface area contributed by atoms with E-state index in [0.717, 1.165) is 36.0 Å². The number of rotatable bonds is 4. The summed E-state index contributed by atoms with van der Waals surface area (Å²) in [6, 6.07) is 12.7. The lowest BCUT2D eigenvalue weighted by atomic mass is 9.92. The van der Waals surface area contributed by atoms with Crippen molar-refractivity contribution in [3.8, 4) is 16.9 Å². The molecule has 0 bridgehead atoms. The van der Waals surface area contributed by atoms with Crippen LogP contribution in [0.25, 0.3) is 11.1 Å². The van der Waals surface area contributed by atoms with Crippen molar-refractivity contribution in [3.63, 3.8) is 0 Å². The molecule has 0 unspecified atom stereocenters. The van der Waals surface area contributed by atoms with Crippen LogP contribution in [-0.2, 0) is 19.3 Å². The van der Waals surface area contributed by atoms with Crippen molar-refractivity contribution in [2.75, 3.05) is 0 Å². The lowest BCUT2D eigenvalue weighted by Gasteiger charge is -2.14. The van der Waals surface area contributed by atoms with Crippen molar-refractivity contribution < 1.29 is 5.11 Å². The van der Waals surface area contributed by atoms with Crippen molar-refractivity contribution in [1.29, 1.82) is 0 Å². The van der Waals surface area contributed by atoms with Gasteiger partial charge in [0.05, 0.1) is 0 Å². The molecule has 2 aromatic rings. The van der Waals surface area contributed by atoms with Crippen molar-refractivity contribution >= 4 is 0 Å². The summed E-state index contributed by atoms with van der Waals surface area (Å²) in [6.07, 6.45) is 2.81. The van der Waals surface area contributed by atoms with E-state index in [1.165, 1.54) is 11.1 Å². The fraction of sp³-hybridized carbons (Fsp3) is 0.333. The Morgan fingerprint density at radius 3 is 2.16 bits per heavy atom. The number of hydrogen-bond donors (Lipinski definition) is 1. The molecule has 0 aliphatic carbocycles. The first kappa shape index (κ1) is 13.7. The summed E-state index contributed by atoms with van der Waals surface area (Å²) in [6.45, 7) is 6.36. The molecule has 0 aromatic heterocycles. The Bertz CT molecular complexity index is 570. The Morgan fingerprint density at radius 2 is 1.53 bits per heavy atom. The van der Waals surface area contributed by atoms with Gasteiger partial charge >= 0.3 is 0 Å². The third-order valence-corrected chi connectivity index (χ3v) is 3.73. The van der Waals surface area contributed by atoms with Gasteiger partial charge in [0.15, 0.2) is 0 Å². The first-order valence-electron chi connectivity index (χ1n) is 7.14. The molecule has 0 fully saturated rings. The number of hydrogen-bond acceptors (Lipinski definition) is 1. The molecule has 0 amide bonds. The maximum Gasteiger partial charge on any atom is 0.126 e. The van der Waals surface area contributed by atoms with E-state index in [1.807, 2.05) is 6.07 Å². The van der Waals surface area contributed by atoms with Crippen molar-refractivity contribution in [1.82, 2.24) is 0 Å². The monoisotopic (exact) mass is 254 g/mol. The van der Waals surface area contributed by atoms with Crippen LogP contribution in [0.2, 0.25) is 0 Å². The van der Waals surface area contributed by atoms with Gasteiger partial charge in [-0.1, -0.05) is 57.2 Å². The Morgan fingerprint density at radius 1 is 0.842 bits per heavy atom. The summed E-state index contributed by atoms with van der Waals surface area (Å²) in [5.74, 6) is 0.454. The first-order valence-corrected chi connectivity index (χ1v) is 7.14. The summed E-state index contributed by atoms with van der Waals surface area (Å²) in [5.41, 5.74) is 5.68. The summed E-state index contributed by atoms with van der Waals surface area (Å²) in [7, 11) is 0. The van der Waals surface area contributed by atoms with Crippen molar-refractivity contribution in [2.45, 2.75) is 40.0 Å². The second-order valence-electron chi connectivity index (χ2n) is 4.87. The van der Waals surface area contributed by atoms with E-state index < -0.39 is 0 Å². The molecule has 0 heterocycles. The first-order chi connectivity index (χ1) is 9.21. The summed E-state index contributed by atoms with van der Waals surface area (Å²) >= 11 is 0. The van der Waals surface area contributed by atoms with Gasteiger partial charge in [-0.15, -0.1) is 0 Å². The molecular formula is C18H22O. The largest absolute Gasteiger partial charge is 0.507 e. The summed E-state index contributed by atoms with van der Waals surface area (Å²) in [4.78, 5) is 0. The van der Waals surface area contributed by atoms with Crippen molar-refractivity contribution in [3.05, 3.63) is 53.1 Å². The van der Waals surface area contributed by atoms with Crippen molar-refractivity contribution in [2.24, 2.45) is 0 Å². The Labute approximate surface area is 115 Å². The molecule has 1 heteroatoms. The topological polar surface area (TPSA) is 20.2 Å². The van der Waals surface area contributed by atoms with Crippen LogP contribution < -0.4 is 0 Å². The van der Waals surface area contributed by atoms with E-state index in [2.05, 4.69) is 51.1 Å². The van der Waals surface area contributed by atoms with Gasteiger partial charge < -0.3 is 5.11 Å². The van der Waals surface area contributed by atoms with Gasteiger partial charge in [0.25, 0.3) is 0 Å². The maximum absolute atomic E-state index is 10.5. The van der Waals surface area contributed by atoms with Gasteiger partial charge in [0.1, 0.15) is 5.75 Å². The second-order valence-corrected chi connectivity index (χ2v) is 4.87. The van der Waals surface area contributed by atoms with Crippen LogP contribution in [0.5, 0.6) is 5.75 Å². The highest BCUT2D eigenvalue weighted by atomic mass is 16.3. The van der Waals surface area contributed by atoms with Gasteiger partial charge in [-0.25, -0.2) is 0 Å². The molecule has 0 aliphatic heterocycles. The molecule has 0 spiro atoms. The zero-order valence-electron chi connectivity index (χ0n) is 12.0. The fourth-order valence-electron chi connectivity index (χ4n) is 2.52. The molecule has 0 saturated heterocycles. The number of aromatic hydroxyl groups is 1. The summed E-state index contributed by atoms with van der Waals surface area (Å²) in [5, 5.41) is 10.5. The van der Waals surface area contributed by atoms with Crippen LogP contribution in [0.15, 0.2) is 36.4 Å². The quantitative estimate of drug-likeness (QED) is 0.835. The molecule has 0 radical (unpaired) electrons. The van der Waals surface area contributed by atoms with Crippen LogP contribution in [-0.4, -0.2) is 5.11 Å². The molecule has 0 atom stereocenters. The lowest BCUT2D eigenvalue weighted by molar-refractivity contribution is 0.470. The lowest BCUT2D eigenvalue weighted by Crippen LogP contribution is -1.93. The number of aryl methyl sites for hydroxylation is 3. The smallest absolute Gasteiger partial charge is 0.126 e. The standard InChI is InChI=1S/C18H22O/c1-4-13-8-7-9-16(12-13)17-14(5-2)10-11-15(6-3)18(17)19/h7-12,19H,4-6H2,1-3H3. The van der Waals surface area contributed by atoms with E-state index in [9.17, 15) is 5.11 Å². The molecule has 2 aromatic carbocycles. The minimum atomic E-state index is 0.454. The van der Waals surface area contributed by atoms with Gasteiger partial charge in [-0.05, 0) is 41.5 Å². The van der Waals surface area contributed by atoms with Gasteiger partial charge in [-0.3, -0.25) is 0 Å². The number of phenols is 1. The van der Waals surface area contributed by atoms with Gasteiger partial charge in [0.2, 0.25) is 0 Å². The molecule has 0 saturated carbocycles. The highest BCUT2D eigenvalue weighted by Crippen LogP contribution is 2.36. The van der Waals surface area contributed by atoms with Crippen LogP contribution in [0.1, 0.15) is 37.5 Å². The predicted molar refractivity (Wildman–Crippen MR) is 81.7 cm³/mol. The minimum absolute atomic E-state index is 0.454. The maximum atomic E-state index is 10.5. The van der Waals surface area contributed by atoms with E-state index >= 15 is 0 Å². The Balaban J connectivity index is 2.64.